The molecular formula is C16H24N2O4. The standard InChI is InChI=1S/C16H24N2O4/c1-5-8-17-16(20)11(2)18-15(19)10-12-6-7-13(21-3)14(9-12)22-4/h6-7,9,11H,5,8,10H2,1-4H3,(H,17,20)(H,18,19). The van der Waals surface area contributed by atoms with E-state index in [0.29, 0.717) is 18.0 Å². The van der Waals surface area contributed by atoms with Crippen molar-refractivity contribution in [3.63, 3.8) is 0 Å². The fourth-order valence-electron chi connectivity index (χ4n) is 1.94. The van der Waals surface area contributed by atoms with Crippen molar-refractivity contribution in [1.82, 2.24) is 10.6 Å². The molecule has 0 saturated carbocycles. The third-order valence-corrected chi connectivity index (χ3v) is 3.13. The molecule has 0 fully saturated rings. The van der Waals surface area contributed by atoms with Crippen molar-refractivity contribution in [3.05, 3.63) is 23.8 Å². The van der Waals surface area contributed by atoms with E-state index in [1.807, 2.05) is 6.92 Å². The number of ether oxygens (including phenoxy) is 2. The summed E-state index contributed by atoms with van der Waals surface area (Å²) in [6.07, 6.45) is 1.03. The number of rotatable bonds is 8. The molecule has 122 valence electrons. The van der Waals surface area contributed by atoms with E-state index in [0.717, 1.165) is 12.0 Å². The Morgan fingerprint density at radius 2 is 1.86 bits per heavy atom. The number of methoxy groups -OCH3 is 2. The molecule has 1 unspecified atom stereocenters. The maximum atomic E-state index is 12.0. The summed E-state index contributed by atoms with van der Waals surface area (Å²) in [6, 6.07) is 4.74. The number of nitrogens with one attached hydrogen (secondary N) is 2. The first-order valence-electron chi connectivity index (χ1n) is 7.29. The maximum absolute atomic E-state index is 12.0. The molecular weight excluding hydrogens is 284 g/mol. The third kappa shape index (κ3) is 5.27. The van der Waals surface area contributed by atoms with Gasteiger partial charge in [-0.05, 0) is 31.0 Å². The van der Waals surface area contributed by atoms with Gasteiger partial charge in [0.2, 0.25) is 11.8 Å². The number of hydrogen-bond donors (Lipinski definition) is 2. The summed E-state index contributed by atoms with van der Waals surface area (Å²) in [5.74, 6) is 0.786. The molecule has 0 saturated heterocycles. The normalized spacial score (nSPS) is 11.5. The SMILES string of the molecule is CCCNC(=O)C(C)NC(=O)Cc1ccc(OC)c(OC)c1. The summed E-state index contributed by atoms with van der Waals surface area (Å²) in [4.78, 5) is 23.7. The van der Waals surface area contributed by atoms with Crippen LogP contribution in [0, 0.1) is 0 Å². The average molecular weight is 308 g/mol. The highest BCUT2D eigenvalue weighted by molar-refractivity contribution is 5.88. The lowest BCUT2D eigenvalue weighted by molar-refractivity contribution is -0.128. The Morgan fingerprint density at radius 1 is 1.18 bits per heavy atom. The topological polar surface area (TPSA) is 76.7 Å². The molecule has 0 aliphatic carbocycles. The van der Waals surface area contributed by atoms with Crippen LogP contribution in [0.1, 0.15) is 25.8 Å². The zero-order valence-corrected chi connectivity index (χ0v) is 13.6. The molecule has 1 atom stereocenters. The van der Waals surface area contributed by atoms with Crippen LogP contribution in [0.2, 0.25) is 0 Å². The van der Waals surface area contributed by atoms with Crippen LogP contribution in [0.25, 0.3) is 0 Å². The molecule has 0 aromatic heterocycles. The van der Waals surface area contributed by atoms with E-state index >= 15 is 0 Å². The van der Waals surface area contributed by atoms with Crippen molar-refractivity contribution >= 4 is 11.8 Å². The smallest absolute Gasteiger partial charge is 0.242 e. The van der Waals surface area contributed by atoms with Crippen molar-refractivity contribution in [2.75, 3.05) is 20.8 Å². The lowest BCUT2D eigenvalue weighted by atomic mass is 10.1. The first kappa shape index (κ1) is 17.8. The Morgan fingerprint density at radius 3 is 2.45 bits per heavy atom. The molecule has 0 heterocycles. The fraction of sp³-hybridized carbons (Fsp3) is 0.500. The molecule has 1 aromatic carbocycles. The minimum atomic E-state index is -0.556. The lowest BCUT2D eigenvalue weighted by Crippen LogP contribution is -2.45. The average Bonchev–Trinajstić information content (AvgIpc) is 2.52. The van der Waals surface area contributed by atoms with Crippen LogP contribution >= 0.6 is 0 Å². The van der Waals surface area contributed by atoms with E-state index < -0.39 is 6.04 Å². The predicted molar refractivity (Wildman–Crippen MR) is 84.2 cm³/mol. The molecule has 0 radical (unpaired) electrons. The Bertz CT molecular complexity index is 517. The quantitative estimate of drug-likeness (QED) is 0.758. The van der Waals surface area contributed by atoms with Gasteiger partial charge in [0.05, 0.1) is 20.6 Å². The highest BCUT2D eigenvalue weighted by atomic mass is 16.5. The van der Waals surface area contributed by atoms with Crippen LogP contribution in [0.5, 0.6) is 11.5 Å². The summed E-state index contributed by atoms with van der Waals surface area (Å²) < 4.78 is 10.4. The second kappa shape index (κ2) is 8.92. The van der Waals surface area contributed by atoms with E-state index in [1.165, 1.54) is 0 Å². The van der Waals surface area contributed by atoms with Gasteiger partial charge in [-0.15, -0.1) is 0 Å². The molecule has 22 heavy (non-hydrogen) atoms. The maximum Gasteiger partial charge on any atom is 0.242 e. The molecule has 0 bridgehead atoms. The van der Waals surface area contributed by atoms with Crippen molar-refractivity contribution in [2.24, 2.45) is 0 Å². The van der Waals surface area contributed by atoms with Crippen LogP contribution in [0.15, 0.2) is 18.2 Å². The molecule has 0 spiro atoms. The van der Waals surface area contributed by atoms with Gasteiger partial charge in [-0.1, -0.05) is 13.0 Å². The Hall–Kier alpha value is -2.24. The molecule has 1 aromatic rings. The molecule has 2 N–H and O–H groups in total. The van der Waals surface area contributed by atoms with Gasteiger partial charge in [0.15, 0.2) is 11.5 Å². The lowest BCUT2D eigenvalue weighted by Gasteiger charge is -2.14. The minimum absolute atomic E-state index is 0.172. The van der Waals surface area contributed by atoms with E-state index in [9.17, 15) is 9.59 Å². The zero-order chi connectivity index (χ0) is 16.5. The van der Waals surface area contributed by atoms with Crippen LogP contribution < -0.4 is 20.1 Å². The first-order valence-corrected chi connectivity index (χ1v) is 7.29. The van der Waals surface area contributed by atoms with Crippen LogP contribution in [-0.2, 0) is 16.0 Å². The first-order chi connectivity index (χ1) is 10.5. The van der Waals surface area contributed by atoms with E-state index in [1.54, 1.807) is 39.3 Å². The van der Waals surface area contributed by atoms with Gasteiger partial charge in [-0.3, -0.25) is 9.59 Å². The number of benzene rings is 1. The summed E-state index contributed by atoms with van der Waals surface area (Å²) >= 11 is 0. The molecule has 6 nitrogen and oxygen atoms in total. The van der Waals surface area contributed by atoms with Gasteiger partial charge >= 0.3 is 0 Å². The van der Waals surface area contributed by atoms with Crippen molar-refractivity contribution in [2.45, 2.75) is 32.7 Å². The minimum Gasteiger partial charge on any atom is -0.493 e. The number of carbonyl (C=O) groups is 2. The molecule has 2 amide bonds. The summed E-state index contributed by atoms with van der Waals surface area (Å²) in [5, 5.41) is 5.42. The predicted octanol–water partition coefficient (Wildman–Crippen LogP) is 1.28. The third-order valence-electron chi connectivity index (χ3n) is 3.13. The monoisotopic (exact) mass is 308 g/mol. The van der Waals surface area contributed by atoms with Crippen LogP contribution in [0.3, 0.4) is 0 Å². The highest BCUT2D eigenvalue weighted by Gasteiger charge is 2.15. The van der Waals surface area contributed by atoms with Crippen molar-refractivity contribution in [1.29, 1.82) is 0 Å². The van der Waals surface area contributed by atoms with E-state index in [2.05, 4.69) is 10.6 Å². The second-order valence-electron chi connectivity index (χ2n) is 4.95. The van der Waals surface area contributed by atoms with Gasteiger partial charge in [-0.2, -0.15) is 0 Å². The Balaban J connectivity index is 2.59. The Labute approximate surface area is 131 Å². The van der Waals surface area contributed by atoms with Crippen LogP contribution in [-0.4, -0.2) is 38.6 Å². The molecule has 0 aliphatic heterocycles. The molecule has 6 heteroatoms. The van der Waals surface area contributed by atoms with Gasteiger partial charge < -0.3 is 20.1 Å². The summed E-state index contributed by atoms with van der Waals surface area (Å²) in [5.41, 5.74) is 0.788. The van der Waals surface area contributed by atoms with Crippen molar-refractivity contribution in [3.8, 4) is 11.5 Å². The van der Waals surface area contributed by atoms with Gasteiger partial charge in [-0.25, -0.2) is 0 Å². The Kier molecular flexibility index (Phi) is 7.22. The van der Waals surface area contributed by atoms with E-state index in [4.69, 9.17) is 9.47 Å². The zero-order valence-electron chi connectivity index (χ0n) is 13.6. The highest BCUT2D eigenvalue weighted by Crippen LogP contribution is 2.27. The van der Waals surface area contributed by atoms with Crippen LogP contribution in [0.4, 0.5) is 0 Å². The fourth-order valence-corrected chi connectivity index (χ4v) is 1.94. The van der Waals surface area contributed by atoms with Gasteiger partial charge in [0, 0.05) is 6.54 Å². The number of carbonyl (C=O) groups excluding carboxylic acids is 2. The largest absolute Gasteiger partial charge is 0.493 e. The molecule has 0 aliphatic rings. The van der Waals surface area contributed by atoms with E-state index in [-0.39, 0.29) is 18.2 Å². The van der Waals surface area contributed by atoms with Crippen molar-refractivity contribution < 1.29 is 19.1 Å². The second-order valence-corrected chi connectivity index (χ2v) is 4.95. The number of amides is 2. The molecule has 1 rings (SSSR count). The van der Waals surface area contributed by atoms with Gasteiger partial charge in [0.1, 0.15) is 6.04 Å². The number of hydrogen-bond acceptors (Lipinski definition) is 4. The van der Waals surface area contributed by atoms with Gasteiger partial charge in [0.25, 0.3) is 0 Å². The summed E-state index contributed by atoms with van der Waals surface area (Å²) in [6.45, 7) is 4.24. The summed E-state index contributed by atoms with van der Waals surface area (Å²) in [7, 11) is 3.10.